The molecule has 0 aliphatic rings. The third kappa shape index (κ3) is 2.20. The quantitative estimate of drug-likeness (QED) is 0.436. The van der Waals surface area contributed by atoms with E-state index in [2.05, 4.69) is 9.97 Å². The molecule has 8 heavy (non-hydrogen) atoms. The van der Waals surface area contributed by atoms with Crippen molar-refractivity contribution in [3.63, 3.8) is 0 Å². The maximum atomic E-state index is 3.85. The van der Waals surface area contributed by atoms with Gasteiger partial charge in [0.25, 0.3) is 0 Å². The summed E-state index contributed by atoms with van der Waals surface area (Å²) in [6.07, 6.45) is 5.29. The summed E-state index contributed by atoms with van der Waals surface area (Å²) in [6.45, 7) is 1.97. The first kappa shape index (κ1) is 7.81. The van der Waals surface area contributed by atoms with Crippen LogP contribution in [0.4, 0.5) is 0 Å². The van der Waals surface area contributed by atoms with Gasteiger partial charge in [0, 0.05) is 6.92 Å². The first-order valence-corrected chi connectivity index (χ1v) is 2.18. The van der Waals surface area contributed by atoms with Gasteiger partial charge in [-0.2, -0.15) is 0 Å². The molecule has 0 spiro atoms. The predicted molar refractivity (Wildman–Crippen MR) is 25.5 cm³/mol. The molecule has 0 aliphatic heterocycles. The van der Waals surface area contributed by atoms with Gasteiger partial charge in [0.05, 0.1) is 12.4 Å². The van der Waals surface area contributed by atoms with Crippen LogP contribution in [0.2, 0.25) is 0 Å². The van der Waals surface area contributed by atoms with Gasteiger partial charge in [0.1, 0.15) is 0 Å². The maximum absolute atomic E-state index is 3.85. The highest BCUT2D eigenvalue weighted by atomic mass is 127. The van der Waals surface area contributed by atoms with Gasteiger partial charge in [-0.15, -0.1) is 0 Å². The van der Waals surface area contributed by atoms with Gasteiger partial charge < -0.3 is 24.0 Å². The van der Waals surface area contributed by atoms with E-state index in [1.807, 2.05) is 6.92 Å². The average Bonchev–Trinajstić information content (AvgIpc) is 1.69. The highest BCUT2D eigenvalue weighted by Crippen LogP contribution is 1.74. The van der Waals surface area contributed by atoms with Crippen molar-refractivity contribution in [2.75, 3.05) is 0 Å². The van der Waals surface area contributed by atoms with Crippen LogP contribution in [-0.2, 0) is 0 Å². The number of halogens is 1. The van der Waals surface area contributed by atoms with Crippen LogP contribution in [0.3, 0.4) is 0 Å². The van der Waals surface area contributed by atoms with Gasteiger partial charge in [-0.05, 0) is 0 Å². The second kappa shape index (κ2) is 3.77. The molecule has 0 aromatic carbocycles. The summed E-state index contributed by atoms with van der Waals surface area (Å²) in [5, 5.41) is 0. The van der Waals surface area contributed by atoms with Crippen LogP contribution in [0, 0.1) is 6.92 Å². The summed E-state index contributed by atoms with van der Waals surface area (Å²) < 4.78 is 0. The van der Waals surface area contributed by atoms with Crippen LogP contribution in [0.1, 0.15) is 5.69 Å². The van der Waals surface area contributed by atoms with Gasteiger partial charge >= 0.3 is 0 Å². The topological polar surface area (TPSA) is 27.0 Å². The molecule has 2 nitrogen and oxygen atoms in total. The van der Waals surface area contributed by atoms with Crippen LogP contribution in [0.15, 0.2) is 18.6 Å². The minimum Gasteiger partial charge on any atom is -1.00 e. The summed E-state index contributed by atoms with van der Waals surface area (Å²) in [5.41, 5.74) is 1.09. The minimum atomic E-state index is 0. The third-order valence-corrected chi connectivity index (χ3v) is 0.740. The number of hydrogen-bond acceptors (Lipinski definition) is 1. The average molecular weight is 222 g/mol. The molecular formula is C5H7IN2. The molecule has 0 radical (unpaired) electrons. The number of nitrogens with zero attached hydrogens (tertiary/aromatic N) is 1. The lowest BCUT2D eigenvalue weighted by atomic mass is 10.5. The zero-order chi connectivity index (χ0) is 5.11. The Morgan fingerprint density at radius 1 is 1.62 bits per heavy atom. The number of rotatable bonds is 0. The Kier molecular flexibility index (Phi) is 3.68. The monoisotopic (exact) mass is 222 g/mol. The van der Waals surface area contributed by atoms with Gasteiger partial charge in [-0.25, -0.2) is 4.98 Å². The molecule has 1 rings (SSSR count). The molecule has 0 aliphatic carbocycles. The standard InChI is InChI=1S/C5H6N2.HI/c1-5-4-6-2-3-7-5;/h2-4H,1H3;1H. The minimum absolute atomic E-state index is 0. The van der Waals surface area contributed by atoms with Crippen LogP contribution in [-0.4, -0.2) is 4.98 Å². The Labute approximate surface area is 65.4 Å². The van der Waals surface area contributed by atoms with E-state index in [0.717, 1.165) is 5.69 Å². The molecule has 1 aromatic heterocycles. The molecule has 1 aromatic rings. The maximum Gasteiger partial charge on any atom is 0.194 e. The lowest BCUT2D eigenvalue weighted by Crippen LogP contribution is -3.00. The number of hydrogen-bond donors (Lipinski definition) is 0. The lowest BCUT2D eigenvalue weighted by Gasteiger charge is -1.74. The zero-order valence-corrected chi connectivity index (χ0v) is 6.71. The van der Waals surface area contributed by atoms with Gasteiger partial charge in [-0.3, -0.25) is 4.98 Å². The van der Waals surface area contributed by atoms with Crippen LogP contribution in [0.5, 0.6) is 0 Å². The molecule has 0 unspecified atom stereocenters. The van der Waals surface area contributed by atoms with Gasteiger partial charge in [-0.1, -0.05) is 0 Å². The SMILES string of the molecule is Cc1cncc[nH+]1.[I-]. The molecule has 0 atom stereocenters. The largest absolute Gasteiger partial charge is 1.00 e. The lowest BCUT2D eigenvalue weighted by molar-refractivity contribution is -0.388. The van der Waals surface area contributed by atoms with Crippen molar-refractivity contribution in [1.82, 2.24) is 4.98 Å². The number of H-pyrrole nitrogens is 1. The van der Waals surface area contributed by atoms with Crippen molar-refractivity contribution in [2.24, 2.45) is 0 Å². The fourth-order valence-electron chi connectivity index (χ4n) is 0.404. The number of nitrogens with one attached hydrogen (secondary N) is 1. The van der Waals surface area contributed by atoms with Gasteiger partial charge in [0.15, 0.2) is 11.9 Å². The van der Waals surface area contributed by atoms with E-state index in [1.54, 1.807) is 18.6 Å². The molecule has 1 heterocycles. The zero-order valence-electron chi connectivity index (χ0n) is 4.56. The number of aryl methyl sites for hydroxylation is 1. The number of aromatic nitrogens is 2. The van der Waals surface area contributed by atoms with E-state index in [1.165, 1.54) is 0 Å². The Hall–Kier alpha value is -0.190. The second-order valence-corrected chi connectivity index (χ2v) is 1.42. The van der Waals surface area contributed by atoms with E-state index >= 15 is 0 Å². The molecule has 3 heteroatoms. The van der Waals surface area contributed by atoms with E-state index in [9.17, 15) is 0 Å². The molecule has 0 saturated heterocycles. The molecular weight excluding hydrogens is 215 g/mol. The highest BCUT2D eigenvalue weighted by Gasteiger charge is 1.82. The van der Waals surface area contributed by atoms with Crippen molar-refractivity contribution in [3.8, 4) is 0 Å². The molecule has 44 valence electrons. The fourth-order valence-corrected chi connectivity index (χ4v) is 0.404. The predicted octanol–water partition coefficient (Wildman–Crippen LogP) is -2.79. The van der Waals surface area contributed by atoms with E-state index in [0.29, 0.717) is 0 Å². The van der Waals surface area contributed by atoms with Crippen molar-refractivity contribution in [1.29, 1.82) is 0 Å². The van der Waals surface area contributed by atoms with Crippen molar-refractivity contribution < 1.29 is 29.0 Å². The molecule has 0 bridgehead atoms. The molecule has 0 saturated carbocycles. The summed E-state index contributed by atoms with van der Waals surface area (Å²) in [6, 6.07) is 0. The van der Waals surface area contributed by atoms with Crippen molar-refractivity contribution in [2.45, 2.75) is 6.92 Å². The second-order valence-electron chi connectivity index (χ2n) is 1.42. The molecule has 1 N–H and O–H groups in total. The smallest absolute Gasteiger partial charge is 0.194 e. The Balaban J connectivity index is 0.000000490. The van der Waals surface area contributed by atoms with Crippen LogP contribution in [0.25, 0.3) is 0 Å². The van der Waals surface area contributed by atoms with Gasteiger partial charge in [0.2, 0.25) is 0 Å². The molecule has 0 amide bonds. The Morgan fingerprint density at radius 2 is 2.38 bits per heavy atom. The van der Waals surface area contributed by atoms with Crippen molar-refractivity contribution >= 4 is 0 Å². The first-order valence-electron chi connectivity index (χ1n) is 2.18. The Morgan fingerprint density at radius 3 is 2.62 bits per heavy atom. The summed E-state index contributed by atoms with van der Waals surface area (Å²) in [5.74, 6) is 0. The van der Waals surface area contributed by atoms with E-state index in [-0.39, 0.29) is 24.0 Å². The Bertz CT molecular complexity index is 140. The van der Waals surface area contributed by atoms with E-state index in [4.69, 9.17) is 0 Å². The normalized spacial score (nSPS) is 7.62. The highest BCUT2D eigenvalue weighted by molar-refractivity contribution is 4.78. The molecule has 0 fully saturated rings. The third-order valence-electron chi connectivity index (χ3n) is 0.740. The van der Waals surface area contributed by atoms with E-state index < -0.39 is 0 Å². The number of aromatic amines is 1. The summed E-state index contributed by atoms with van der Waals surface area (Å²) in [7, 11) is 0. The summed E-state index contributed by atoms with van der Waals surface area (Å²) in [4.78, 5) is 6.82. The first-order chi connectivity index (χ1) is 3.39. The summed E-state index contributed by atoms with van der Waals surface area (Å²) >= 11 is 0. The van der Waals surface area contributed by atoms with Crippen LogP contribution >= 0.6 is 0 Å². The van der Waals surface area contributed by atoms with Crippen molar-refractivity contribution in [3.05, 3.63) is 24.3 Å². The fraction of sp³-hybridized carbons (Fsp3) is 0.200. The van der Waals surface area contributed by atoms with Crippen LogP contribution < -0.4 is 29.0 Å².